The number of hydrogen-bond acceptors (Lipinski definition) is 4. The maximum Gasteiger partial charge on any atom is 0.387 e. The summed E-state index contributed by atoms with van der Waals surface area (Å²) in [7, 11) is 0. The summed E-state index contributed by atoms with van der Waals surface area (Å²) in [5.74, 6) is -8.65. The van der Waals surface area contributed by atoms with Crippen LogP contribution in [0.1, 0.15) is 16.1 Å². The van der Waals surface area contributed by atoms with Gasteiger partial charge in [-0.25, -0.2) is 8.78 Å². The zero-order valence-corrected chi connectivity index (χ0v) is 14.3. The minimum Gasteiger partial charge on any atom is -0.435 e. The molecule has 1 heterocycles. The molecule has 0 unspecified atom stereocenters. The molecule has 0 atom stereocenters. The second-order valence-electron chi connectivity index (χ2n) is 5.72. The molecule has 0 radical (unpaired) electrons. The highest BCUT2D eigenvalue weighted by atomic mass is 19.3. The van der Waals surface area contributed by atoms with E-state index in [2.05, 4.69) is 14.7 Å². The third kappa shape index (κ3) is 4.36. The van der Waals surface area contributed by atoms with Crippen LogP contribution in [-0.2, 0) is 5.92 Å². The first kappa shape index (κ1) is 20.3. The average Bonchev–Trinajstić information content (AvgIpc) is 2.68. The lowest BCUT2D eigenvalue weighted by Crippen LogP contribution is -2.28. The third-order valence-corrected chi connectivity index (χ3v) is 3.81. The van der Waals surface area contributed by atoms with E-state index in [0.29, 0.717) is 30.0 Å². The average molecular weight is 412 g/mol. The Morgan fingerprint density at radius 3 is 2.21 bits per heavy atom. The fraction of sp³-hybridized carbons (Fsp3) is 0.105. The number of aromatic nitrogens is 2. The maximum atomic E-state index is 14.4. The SMILES string of the molecule is O=C(c1ccc(F)cc1F)C(F)(F)c1cnc(-c2ccc(OC(F)F)cc2)cn1. The van der Waals surface area contributed by atoms with Gasteiger partial charge in [-0.15, -0.1) is 0 Å². The minimum absolute atomic E-state index is 0.105. The van der Waals surface area contributed by atoms with E-state index in [1.807, 2.05) is 0 Å². The van der Waals surface area contributed by atoms with Gasteiger partial charge in [0.15, 0.2) is 0 Å². The summed E-state index contributed by atoms with van der Waals surface area (Å²) in [6.45, 7) is -2.99. The number of ether oxygens (including phenoxy) is 1. The number of carbonyl (C=O) groups is 1. The van der Waals surface area contributed by atoms with Crippen LogP contribution in [0.2, 0.25) is 0 Å². The number of benzene rings is 2. The number of ketones is 1. The summed E-state index contributed by atoms with van der Waals surface area (Å²) in [6.07, 6.45) is 1.58. The molecule has 4 nitrogen and oxygen atoms in total. The highest BCUT2D eigenvalue weighted by molar-refractivity contribution is 6.01. The van der Waals surface area contributed by atoms with Gasteiger partial charge in [0, 0.05) is 11.6 Å². The first-order valence-corrected chi connectivity index (χ1v) is 7.94. The summed E-state index contributed by atoms with van der Waals surface area (Å²) in [4.78, 5) is 19.3. The molecule has 0 saturated heterocycles. The zero-order valence-electron chi connectivity index (χ0n) is 14.3. The van der Waals surface area contributed by atoms with Crippen molar-refractivity contribution < 1.29 is 35.9 Å². The minimum atomic E-state index is -4.21. The van der Waals surface area contributed by atoms with Gasteiger partial charge in [-0.2, -0.15) is 17.6 Å². The van der Waals surface area contributed by atoms with Crippen molar-refractivity contribution in [3.8, 4) is 17.0 Å². The number of alkyl halides is 4. The second-order valence-corrected chi connectivity index (χ2v) is 5.72. The van der Waals surface area contributed by atoms with E-state index >= 15 is 0 Å². The molecule has 2 aromatic carbocycles. The van der Waals surface area contributed by atoms with Crippen LogP contribution in [-0.4, -0.2) is 22.4 Å². The number of Topliss-reactive ketones (excluding diaryl/α,β-unsaturated/α-hetero) is 1. The molecule has 0 fully saturated rings. The van der Waals surface area contributed by atoms with Gasteiger partial charge < -0.3 is 4.74 Å². The predicted molar refractivity (Wildman–Crippen MR) is 88.7 cm³/mol. The molecule has 150 valence electrons. The molecule has 10 heteroatoms. The molecule has 0 N–H and O–H groups in total. The molecule has 0 bridgehead atoms. The fourth-order valence-corrected chi connectivity index (χ4v) is 2.41. The molecule has 29 heavy (non-hydrogen) atoms. The molecule has 0 amide bonds. The number of nitrogens with zero attached hydrogens (tertiary/aromatic N) is 2. The van der Waals surface area contributed by atoms with Crippen LogP contribution in [0.4, 0.5) is 26.3 Å². The van der Waals surface area contributed by atoms with Gasteiger partial charge in [-0.3, -0.25) is 14.8 Å². The molecule has 0 aliphatic carbocycles. The lowest BCUT2D eigenvalue weighted by Gasteiger charge is -2.15. The predicted octanol–water partition coefficient (Wildman–Crippen LogP) is 5.00. The van der Waals surface area contributed by atoms with Crippen molar-refractivity contribution in [3.05, 3.63) is 77.8 Å². The number of hydrogen-bond donors (Lipinski definition) is 0. The molecule has 1 aromatic heterocycles. The summed E-state index contributed by atoms with van der Waals surface area (Å²) in [5.41, 5.74) is -1.54. The van der Waals surface area contributed by atoms with Crippen LogP contribution in [0.5, 0.6) is 5.75 Å². The Balaban J connectivity index is 1.83. The number of rotatable bonds is 6. The van der Waals surface area contributed by atoms with E-state index in [9.17, 15) is 31.1 Å². The van der Waals surface area contributed by atoms with Crippen LogP contribution in [0.25, 0.3) is 11.3 Å². The van der Waals surface area contributed by atoms with Crippen molar-refractivity contribution in [1.29, 1.82) is 0 Å². The smallest absolute Gasteiger partial charge is 0.387 e. The van der Waals surface area contributed by atoms with E-state index in [-0.39, 0.29) is 11.4 Å². The Labute approximate surface area is 159 Å². The van der Waals surface area contributed by atoms with E-state index < -0.39 is 41.2 Å². The van der Waals surface area contributed by atoms with Crippen LogP contribution in [0.3, 0.4) is 0 Å². The fourth-order valence-electron chi connectivity index (χ4n) is 2.41. The Hall–Kier alpha value is -3.43. The summed E-state index contributed by atoms with van der Waals surface area (Å²) in [6, 6.07) is 6.80. The molecule has 3 rings (SSSR count). The van der Waals surface area contributed by atoms with Crippen molar-refractivity contribution in [2.24, 2.45) is 0 Å². The Bertz CT molecular complexity index is 1020. The largest absolute Gasteiger partial charge is 0.435 e. The van der Waals surface area contributed by atoms with Crippen LogP contribution >= 0.6 is 0 Å². The molecule has 0 aliphatic rings. The van der Waals surface area contributed by atoms with Crippen molar-refractivity contribution in [2.45, 2.75) is 12.5 Å². The van der Waals surface area contributed by atoms with Gasteiger partial charge in [0.25, 0.3) is 0 Å². The van der Waals surface area contributed by atoms with Crippen LogP contribution in [0, 0.1) is 11.6 Å². The molecule has 3 aromatic rings. The normalized spacial score (nSPS) is 11.6. The van der Waals surface area contributed by atoms with E-state index in [0.717, 1.165) is 6.20 Å². The third-order valence-electron chi connectivity index (χ3n) is 3.81. The maximum absolute atomic E-state index is 14.4. The van der Waals surface area contributed by atoms with Gasteiger partial charge in [0.1, 0.15) is 23.1 Å². The van der Waals surface area contributed by atoms with Crippen molar-refractivity contribution in [1.82, 2.24) is 9.97 Å². The lowest BCUT2D eigenvalue weighted by molar-refractivity contribution is -0.0498. The first-order valence-electron chi connectivity index (χ1n) is 7.94. The molecular formula is C19H10F6N2O2. The lowest BCUT2D eigenvalue weighted by atomic mass is 10.0. The Kier molecular flexibility index (Phi) is 5.53. The van der Waals surface area contributed by atoms with Crippen LogP contribution < -0.4 is 4.74 Å². The number of carbonyl (C=O) groups excluding carboxylic acids is 1. The summed E-state index contributed by atoms with van der Waals surface area (Å²) >= 11 is 0. The van der Waals surface area contributed by atoms with E-state index in [1.165, 1.54) is 24.3 Å². The van der Waals surface area contributed by atoms with Gasteiger partial charge in [0.05, 0.1) is 23.7 Å². The zero-order chi connectivity index (χ0) is 21.2. The Morgan fingerprint density at radius 2 is 1.66 bits per heavy atom. The van der Waals surface area contributed by atoms with Crippen molar-refractivity contribution in [2.75, 3.05) is 0 Å². The second kappa shape index (κ2) is 7.90. The van der Waals surface area contributed by atoms with Gasteiger partial charge in [0.2, 0.25) is 5.78 Å². The first-order chi connectivity index (χ1) is 13.7. The van der Waals surface area contributed by atoms with E-state index in [4.69, 9.17) is 0 Å². The highest BCUT2D eigenvalue weighted by Crippen LogP contribution is 2.32. The number of halogens is 6. The standard InChI is InChI=1S/C19H10F6N2O2/c20-11-3-6-13(14(21)7-11)17(28)19(24,25)16-9-26-15(8-27-16)10-1-4-12(5-2-10)29-18(22)23/h1-9,18H. The molecule has 0 saturated carbocycles. The topological polar surface area (TPSA) is 52.1 Å². The van der Waals surface area contributed by atoms with E-state index in [1.54, 1.807) is 0 Å². The Morgan fingerprint density at radius 1 is 0.966 bits per heavy atom. The monoisotopic (exact) mass is 412 g/mol. The van der Waals surface area contributed by atoms with Gasteiger partial charge >= 0.3 is 12.5 Å². The summed E-state index contributed by atoms with van der Waals surface area (Å²) in [5, 5.41) is 0. The van der Waals surface area contributed by atoms with Crippen LogP contribution in [0.15, 0.2) is 54.9 Å². The molecular weight excluding hydrogens is 402 g/mol. The van der Waals surface area contributed by atoms with Crippen molar-refractivity contribution >= 4 is 5.78 Å². The summed E-state index contributed by atoms with van der Waals surface area (Å²) < 4.78 is 83.9. The van der Waals surface area contributed by atoms with Crippen molar-refractivity contribution in [3.63, 3.8) is 0 Å². The quantitative estimate of drug-likeness (QED) is 0.423. The molecule has 0 aliphatic heterocycles. The molecule has 0 spiro atoms. The van der Waals surface area contributed by atoms with Gasteiger partial charge in [-0.05, 0) is 36.4 Å². The van der Waals surface area contributed by atoms with Gasteiger partial charge in [-0.1, -0.05) is 0 Å². The highest BCUT2D eigenvalue weighted by Gasteiger charge is 2.44.